The lowest BCUT2D eigenvalue weighted by Gasteiger charge is -2.63. The maximum Gasteiger partial charge on any atom is 0.155 e. The van der Waals surface area contributed by atoms with Gasteiger partial charge >= 0.3 is 0 Å². The van der Waals surface area contributed by atoms with Gasteiger partial charge in [-0.1, -0.05) is 48.4 Å². The van der Waals surface area contributed by atoms with Gasteiger partial charge in [-0.15, -0.1) is 11.6 Å². The molecule has 0 aliphatic heterocycles. The first-order chi connectivity index (χ1) is 12.4. The number of carbonyl (C=O) groups excluding carboxylic acids is 1. The normalized spacial score (nSPS) is 50.7. The quantitative estimate of drug-likeness (QED) is 0.425. The van der Waals surface area contributed by atoms with Crippen molar-refractivity contribution in [1.82, 2.24) is 0 Å². The van der Waals surface area contributed by atoms with Gasteiger partial charge in [-0.3, -0.25) is 4.79 Å². The predicted molar refractivity (Wildman–Crippen MR) is 115 cm³/mol. The molecule has 3 fully saturated rings. The molecule has 26 heavy (non-hydrogen) atoms. The Hall–Kier alpha value is 0.390. The molecule has 0 saturated heterocycles. The second-order valence-electron chi connectivity index (χ2n) is 9.71. The lowest BCUT2D eigenvalue weighted by molar-refractivity contribution is -0.127. The summed E-state index contributed by atoms with van der Waals surface area (Å²) in [4.78, 5) is 12.2. The highest BCUT2D eigenvalue weighted by molar-refractivity contribution is 14.1. The SMILES string of the molecule is CC[C@@H]1CC2=CC(=O)CC[C@]2(C)[C@H]2[C@@H](CCl)C[C@]3(CI)[C@@H](O)CC[C@H]3[C@H]12. The number of carbonyl (C=O) groups is 1. The van der Waals surface area contributed by atoms with Crippen LogP contribution >= 0.6 is 34.2 Å². The number of hydrogen-bond donors (Lipinski definition) is 1. The molecule has 0 amide bonds. The Kier molecular flexibility index (Phi) is 5.32. The van der Waals surface area contributed by atoms with E-state index in [0.717, 1.165) is 30.1 Å². The van der Waals surface area contributed by atoms with Crippen LogP contribution in [0.3, 0.4) is 0 Å². The van der Waals surface area contributed by atoms with Crippen molar-refractivity contribution in [2.45, 2.75) is 64.9 Å². The van der Waals surface area contributed by atoms with Crippen LogP contribution < -0.4 is 0 Å². The first kappa shape index (κ1) is 19.7. The minimum Gasteiger partial charge on any atom is -0.393 e. The number of fused-ring (bicyclic) bond motifs is 5. The number of halogens is 2. The standard InChI is InChI=1S/C22H32ClIO2/c1-3-13-8-15-9-16(25)6-7-21(15,2)20-14(11-23)10-22(12-24)17(19(13)20)4-5-18(22)26/h9,13-14,17-20,26H,3-8,10-12H2,1-2H3/t13-,14-,17+,18+,19+,20+,21+,22-/m1/s1. The topological polar surface area (TPSA) is 37.3 Å². The van der Waals surface area contributed by atoms with Gasteiger partial charge in [-0.2, -0.15) is 0 Å². The monoisotopic (exact) mass is 490 g/mol. The zero-order valence-corrected chi connectivity index (χ0v) is 18.9. The molecule has 0 aromatic carbocycles. The van der Waals surface area contributed by atoms with Crippen LogP contribution in [0.2, 0.25) is 0 Å². The summed E-state index contributed by atoms with van der Waals surface area (Å²) in [5, 5.41) is 11.0. The van der Waals surface area contributed by atoms with E-state index in [1.165, 1.54) is 18.4 Å². The van der Waals surface area contributed by atoms with Gasteiger partial charge in [0.2, 0.25) is 0 Å². The Bertz CT molecular complexity index is 619. The molecule has 0 aromatic rings. The zero-order chi connectivity index (χ0) is 18.7. The van der Waals surface area contributed by atoms with Gasteiger partial charge in [0.15, 0.2) is 5.78 Å². The molecule has 3 saturated carbocycles. The molecule has 0 aromatic heterocycles. The molecule has 4 aliphatic carbocycles. The Morgan fingerprint density at radius 3 is 2.77 bits per heavy atom. The third-order valence-electron chi connectivity index (χ3n) is 8.88. The third kappa shape index (κ3) is 2.62. The average molecular weight is 491 g/mol. The van der Waals surface area contributed by atoms with E-state index in [1.54, 1.807) is 0 Å². The lowest BCUT2D eigenvalue weighted by Crippen LogP contribution is -2.59. The maximum atomic E-state index is 12.2. The number of aliphatic hydroxyl groups is 1. The van der Waals surface area contributed by atoms with E-state index in [9.17, 15) is 9.90 Å². The van der Waals surface area contributed by atoms with Crippen molar-refractivity contribution in [2.24, 2.45) is 40.4 Å². The molecule has 2 nitrogen and oxygen atoms in total. The molecule has 0 unspecified atom stereocenters. The van der Waals surface area contributed by atoms with E-state index in [-0.39, 0.29) is 16.9 Å². The second kappa shape index (κ2) is 7.02. The largest absolute Gasteiger partial charge is 0.393 e. The number of aliphatic hydroxyl groups excluding tert-OH is 1. The highest BCUT2D eigenvalue weighted by atomic mass is 127. The first-order valence-electron chi connectivity index (χ1n) is 10.4. The highest BCUT2D eigenvalue weighted by Crippen LogP contribution is 2.69. The molecule has 4 heteroatoms. The van der Waals surface area contributed by atoms with Crippen LogP contribution in [0.15, 0.2) is 11.6 Å². The van der Waals surface area contributed by atoms with Crippen LogP contribution in [0.5, 0.6) is 0 Å². The molecule has 146 valence electrons. The fourth-order valence-corrected chi connectivity index (χ4v) is 9.33. The van der Waals surface area contributed by atoms with E-state index < -0.39 is 0 Å². The molecule has 0 bridgehead atoms. The van der Waals surface area contributed by atoms with E-state index in [0.29, 0.717) is 47.7 Å². The fraction of sp³-hybridized carbons (Fsp3) is 0.864. The van der Waals surface area contributed by atoms with Crippen molar-refractivity contribution in [2.75, 3.05) is 10.3 Å². The maximum absolute atomic E-state index is 12.2. The molecule has 1 N–H and O–H groups in total. The van der Waals surface area contributed by atoms with Crippen LogP contribution in [0.4, 0.5) is 0 Å². The number of rotatable bonds is 3. The van der Waals surface area contributed by atoms with Gasteiger partial charge in [0.25, 0.3) is 0 Å². The average Bonchev–Trinajstić information content (AvgIpc) is 2.98. The summed E-state index contributed by atoms with van der Waals surface area (Å²) in [7, 11) is 0. The molecule has 4 rings (SSSR count). The molecule has 4 aliphatic rings. The number of hydrogen-bond acceptors (Lipinski definition) is 2. The summed E-state index contributed by atoms with van der Waals surface area (Å²) in [6, 6.07) is 0. The van der Waals surface area contributed by atoms with Crippen LogP contribution in [-0.4, -0.2) is 27.3 Å². The number of allylic oxidation sites excluding steroid dienone is 1. The molecule has 0 heterocycles. The second-order valence-corrected chi connectivity index (χ2v) is 10.8. The van der Waals surface area contributed by atoms with Gasteiger partial charge in [-0.05, 0) is 73.2 Å². The Morgan fingerprint density at radius 1 is 1.35 bits per heavy atom. The molecular weight excluding hydrogens is 459 g/mol. The van der Waals surface area contributed by atoms with Gasteiger partial charge in [0.1, 0.15) is 0 Å². The lowest BCUT2D eigenvalue weighted by atomic mass is 9.42. The van der Waals surface area contributed by atoms with Gasteiger partial charge < -0.3 is 5.11 Å². The zero-order valence-electron chi connectivity index (χ0n) is 16.0. The van der Waals surface area contributed by atoms with Crippen molar-refractivity contribution in [3.8, 4) is 0 Å². The van der Waals surface area contributed by atoms with E-state index in [1.807, 2.05) is 6.08 Å². The fourth-order valence-electron chi connectivity index (χ4n) is 7.64. The van der Waals surface area contributed by atoms with Crippen LogP contribution in [0, 0.1) is 40.4 Å². The highest BCUT2D eigenvalue weighted by Gasteiger charge is 2.64. The summed E-state index contributed by atoms with van der Waals surface area (Å²) in [6.07, 6.45) is 8.98. The van der Waals surface area contributed by atoms with Crippen LogP contribution in [0.25, 0.3) is 0 Å². The van der Waals surface area contributed by atoms with Crippen molar-refractivity contribution in [3.63, 3.8) is 0 Å². The van der Waals surface area contributed by atoms with Crippen molar-refractivity contribution >= 4 is 40.0 Å². The first-order valence-corrected chi connectivity index (χ1v) is 12.5. The third-order valence-corrected chi connectivity index (χ3v) is 10.7. The summed E-state index contributed by atoms with van der Waals surface area (Å²) in [6.45, 7) is 4.74. The molecule has 0 radical (unpaired) electrons. The number of ketones is 1. The van der Waals surface area contributed by atoms with Gasteiger partial charge in [0, 0.05) is 22.1 Å². The summed E-state index contributed by atoms with van der Waals surface area (Å²) in [5.74, 6) is 3.95. The smallest absolute Gasteiger partial charge is 0.155 e. The number of alkyl halides is 2. The summed E-state index contributed by atoms with van der Waals surface area (Å²) >= 11 is 9.12. The summed E-state index contributed by atoms with van der Waals surface area (Å²) in [5.41, 5.74) is 1.61. The van der Waals surface area contributed by atoms with Gasteiger partial charge in [0.05, 0.1) is 6.10 Å². The van der Waals surface area contributed by atoms with E-state index in [2.05, 4.69) is 36.4 Å². The minimum atomic E-state index is -0.161. The van der Waals surface area contributed by atoms with Gasteiger partial charge in [-0.25, -0.2) is 0 Å². The molecule has 0 spiro atoms. The van der Waals surface area contributed by atoms with Crippen molar-refractivity contribution in [1.29, 1.82) is 0 Å². The molecule has 8 atom stereocenters. The summed E-state index contributed by atoms with van der Waals surface area (Å²) < 4.78 is 1.04. The van der Waals surface area contributed by atoms with Crippen LogP contribution in [-0.2, 0) is 4.79 Å². The van der Waals surface area contributed by atoms with E-state index >= 15 is 0 Å². The van der Waals surface area contributed by atoms with E-state index in [4.69, 9.17) is 11.6 Å². The minimum absolute atomic E-state index is 0.0662. The Morgan fingerprint density at radius 2 is 2.12 bits per heavy atom. The van der Waals surface area contributed by atoms with Crippen LogP contribution in [0.1, 0.15) is 58.8 Å². The Balaban J connectivity index is 1.83. The predicted octanol–water partition coefficient (Wildman–Crippen LogP) is 5.40. The van der Waals surface area contributed by atoms with Crippen molar-refractivity contribution < 1.29 is 9.90 Å². The van der Waals surface area contributed by atoms with Crippen molar-refractivity contribution in [3.05, 3.63) is 11.6 Å². The molecular formula is C22H32ClIO2. The Labute approximate surface area is 176 Å².